The van der Waals surface area contributed by atoms with Crippen LogP contribution in [-0.4, -0.2) is 28.9 Å². The highest BCUT2D eigenvalue weighted by Crippen LogP contribution is 2.25. The number of amides is 1. The predicted octanol–water partition coefficient (Wildman–Crippen LogP) is 3.16. The summed E-state index contributed by atoms with van der Waals surface area (Å²) in [6.45, 7) is 3.03. The summed E-state index contributed by atoms with van der Waals surface area (Å²) in [5.74, 6) is -2.03. The van der Waals surface area contributed by atoms with Crippen molar-refractivity contribution in [1.29, 1.82) is 0 Å². The van der Waals surface area contributed by atoms with Crippen LogP contribution in [0.4, 0.5) is 8.78 Å². The van der Waals surface area contributed by atoms with Crippen LogP contribution < -0.4 is 0 Å². The van der Waals surface area contributed by atoms with Gasteiger partial charge in [0.15, 0.2) is 11.5 Å². The van der Waals surface area contributed by atoms with Crippen LogP contribution in [-0.2, 0) is 6.42 Å². The highest BCUT2D eigenvalue weighted by Gasteiger charge is 2.26. The third-order valence-corrected chi connectivity index (χ3v) is 4.03. The highest BCUT2D eigenvalue weighted by atomic mass is 19.1. The van der Waals surface area contributed by atoms with Crippen LogP contribution in [0.25, 0.3) is 0 Å². The van der Waals surface area contributed by atoms with Gasteiger partial charge in [-0.3, -0.25) is 4.79 Å². The molecule has 0 saturated carbocycles. The molecule has 0 spiro atoms. The number of fused-ring (bicyclic) bond motifs is 1. The summed E-state index contributed by atoms with van der Waals surface area (Å²) in [5.41, 5.74) is 2.10. The summed E-state index contributed by atoms with van der Waals surface area (Å²) in [6, 6.07) is 8.76. The average Bonchev–Trinajstić information content (AvgIpc) is 2.67. The molecule has 1 unspecified atom stereocenters. The Bertz CT molecular complexity index is 718. The van der Waals surface area contributed by atoms with E-state index in [4.69, 9.17) is 0 Å². The summed E-state index contributed by atoms with van der Waals surface area (Å²) < 4.78 is 26.7. The van der Waals surface area contributed by atoms with Crippen molar-refractivity contribution < 1.29 is 13.6 Å². The van der Waals surface area contributed by atoms with Crippen molar-refractivity contribution in [1.82, 2.24) is 9.88 Å². The number of carbonyl (C=O) groups is 1. The maximum absolute atomic E-state index is 13.8. The molecule has 5 heteroatoms. The zero-order valence-corrected chi connectivity index (χ0v) is 12.2. The predicted molar refractivity (Wildman–Crippen MR) is 78.6 cm³/mol. The standard InChI is InChI=1S/C17H16F2N2O/c1-11-10-21(7-6-12-4-2-3-5-14(11)12)17(22)16-15(19)8-13(18)9-20-16/h2-5,8-9,11H,6-7,10H2,1H3. The summed E-state index contributed by atoms with van der Waals surface area (Å²) >= 11 is 0. The molecule has 1 aromatic carbocycles. The van der Waals surface area contributed by atoms with Crippen molar-refractivity contribution in [2.24, 2.45) is 0 Å². The monoisotopic (exact) mass is 302 g/mol. The van der Waals surface area contributed by atoms with Gasteiger partial charge >= 0.3 is 0 Å². The number of pyridine rings is 1. The third-order valence-electron chi connectivity index (χ3n) is 4.03. The first-order valence-corrected chi connectivity index (χ1v) is 7.24. The minimum Gasteiger partial charge on any atom is -0.336 e. The molecule has 0 radical (unpaired) electrons. The van der Waals surface area contributed by atoms with E-state index in [1.807, 2.05) is 19.1 Å². The van der Waals surface area contributed by atoms with Crippen LogP contribution in [0.15, 0.2) is 36.5 Å². The van der Waals surface area contributed by atoms with Gasteiger partial charge in [-0.2, -0.15) is 0 Å². The number of rotatable bonds is 1. The van der Waals surface area contributed by atoms with Gasteiger partial charge in [0.1, 0.15) is 5.82 Å². The fourth-order valence-electron chi connectivity index (χ4n) is 2.92. The molecule has 1 amide bonds. The molecule has 1 aromatic heterocycles. The maximum Gasteiger partial charge on any atom is 0.275 e. The molecule has 2 aromatic rings. The number of hydrogen-bond donors (Lipinski definition) is 0. The molecule has 0 aliphatic carbocycles. The van der Waals surface area contributed by atoms with E-state index >= 15 is 0 Å². The summed E-state index contributed by atoms with van der Waals surface area (Å²) in [4.78, 5) is 17.7. The van der Waals surface area contributed by atoms with Gasteiger partial charge in [0.25, 0.3) is 5.91 Å². The number of nitrogens with zero attached hydrogens (tertiary/aromatic N) is 2. The molecule has 114 valence electrons. The molecule has 22 heavy (non-hydrogen) atoms. The van der Waals surface area contributed by atoms with E-state index in [1.54, 1.807) is 4.90 Å². The van der Waals surface area contributed by atoms with Crippen LogP contribution in [0.3, 0.4) is 0 Å². The fourth-order valence-corrected chi connectivity index (χ4v) is 2.92. The van der Waals surface area contributed by atoms with Gasteiger partial charge in [-0.25, -0.2) is 13.8 Å². The van der Waals surface area contributed by atoms with E-state index < -0.39 is 17.5 Å². The van der Waals surface area contributed by atoms with Crippen LogP contribution in [0, 0.1) is 11.6 Å². The zero-order valence-electron chi connectivity index (χ0n) is 12.2. The first kappa shape index (κ1) is 14.6. The van der Waals surface area contributed by atoms with Gasteiger partial charge in [-0.1, -0.05) is 31.2 Å². The van der Waals surface area contributed by atoms with Crippen molar-refractivity contribution >= 4 is 5.91 Å². The molecule has 0 bridgehead atoms. The lowest BCUT2D eigenvalue weighted by Crippen LogP contribution is -2.35. The van der Waals surface area contributed by atoms with Crippen molar-refractivity contribution in [3.63, 3.8) is 0 Å². The Morgan fingerprint density at radius 1 is 1.32 bits per heavy atom. The van der Waals surface area contributed by atoms with Crippen molar-refractivity contribution in [2.75, 3.05) is 13.1 Å². The Balaban J connectivity index is 1.86. The number of aromatic nitrogens is 1. The molecule has 1 aliphatic heterocycles. The molecule has 0 fully saturated rings. The van der Waals surface area contributed by atoms with Crippen LogP contribution in [0.5, 0.6) is 0 Å². The minimum absolute atomic E-state index is 0.158. The number of hydrogen-bond acceptors (Lipinski definition) is 2. The SMILES string of the molecule is CC1CN(C(=O)c2ncc(F)cc2F)CCc2ccccc21. The zero-order chi connectivity index (χ0) is 15.7. The van der Waals surface area contributed by atoms with Crippen molar-refractivity contribution in [3.05, 3.63) is 65.0 Å². The number of benzene rings is 1. The van der Waals surface area contributed by atoms with Crippen molar-refractivity contribution in [2.45, 2.75) is 19.3 Å². The van der Waals surface area contributed by atoms with E-state index in [1.165, 1.54) is 11.1 Å². The molecule has 3 nitrogen and oxygen atoms in total. The summed E-state index contributed by atoms with van der Waals surface area (Å²) in [6.07, 6.45) is 1.58. The fraction of sp³-hybridized carbons (Fsp3) is 0.294. The van der Waals surface area contributed by atoms with Gasteiger partial charge in [0, 0.05) is 19.2 Å². The number of halogens is 2. The van der Waals surface area contributed by atoms with Gasteiger partial charge in [0.05, 0.1) is 6.20 Å². The lowest BCUT2D eigenvalue weighted by molar-refractivity contribution is 0.0742. The Morgan fingerprint density at radius 3 is 2.86 bits per heavy atom. The van der Waals surface area contributed by atoms with Gasteiger partial charge < -0.3 is 4.90 Å². The molecule has 2 heterocycles. The van der Waals surface area contributed by atoms with Gasteiger partial charge in [-0.15, -0.1) is 0 Å². The smallest absolute Gasteiger partial charge is 0.275 e. The first-order valence-electron chi connectivity index (χ1n) is 7.24. The Morgan fingerprint density at radius 2 is 2.09 bits per heavy atom. The molecule has 1 aliphatic rings. The van der Waals surface area contributed by atoms with E-state index in [9.17, 15) is 13.6 Å². The third kappa shape index (κ3) is 2.71. The first-order chi connectivity index (χ1) is 10.6. The maximum atomic E-state index is 13.8. The Kier molecular flexibility index (Phi) is 3.88. The van der Waals surface area contributed by atoms with Gasteiger partial charge in [0.2, 0.25) is 0 Å². The Labute approximate surface area is 127 Å². The second-order valence-electron chi connectivity index (χ2n) is 5.58. The van der Waals surface area contributed by atoms with Crippen LogP contribution in [0.2, 0.25) is 0 Å². The second-order valence-corrected chi connectivity index (χ2v) is 5.58. The lowest BCUT2D eigenvalue weighted by atomic mass is 9.95. The highest BCUT2D eigenvalue weighted by molar-refractivity contribution is 5.92. The Hall–Kier alpha value is -2.30. The minimum atomic E-state index is -0.917. The molecule has 0 N–H and O–H groups in total. The van der Waals surface area contributed by atoms with Crippen molar-refractivity contribution in [3.8, 4) is 0 Å². The molecule has 1 atom stereocenters. The summed E-state index contributed by atoms with van der Waals surface area (Å²) in [5, 5.41) is 0. The van der Waals surface area contributed by atoms with Crippen LogP contribution >= 0.6 is 0 Å². The molecular weight excluding hydrogens is 286 g/mol. The normalized spacial score (nSPS) is 17.8. The van der Waals surface area contributed by atoms with E-state index in [-0.39, 0.29) is 11.6 Å². The van der Waals surface area contributed by atoms with Crippen LogP contribution in [0.1, 0.15) is 34.5 Å². The van der Waals surface area contributed by atoms with E-state index in [2.05, 4.69) is 17.1 Å². The molecule has 3 rings (SSSR count). The average molecular weight is 302 g/mol. The summed E-state index contributed by atoms with van der Waals surface area (Å²) in [7, 11) is 0. The molecule has 0 saturated heterocycles. The second kappa shape index (κ2) is 5.83. The lowest BCUT2D eigenvalue weighted by Gasteiger charge is -2.22. The molecular formula is C17H16F2N2O. The quantitative estimate of drug-likeness (QED) is 0.810. The van der Waals surface area contributed by atoms with Gasteiger partial charge in [-0.05, 0) is 23.5 Å². The van der Waals surface area contributed by atoms with E-state index in [0.717, 1.165) is 12.6 Å². The van der Waals surface area contributed by atoms with E-state index in [0.29, 0.717) is 19.2 Å². The topological polar surface area (TPSA) is 33.2 Å². The number of carbonyl (C=O) groups excluding carboxylic acids is 1. The largest absolute Gasteiger partial charge is 0.336 e.